The van der Waals surface area contributed by atoms with Gasteiger partial charge >= 0.3 is 23.9 Å². The molecule has 0 aliphatic heterocycles. The van der Waals surface area contributed by atoms with Gasteiger partial charge in [-0.25, -0.2) is 14.4 Å². The summed E-state index contributed by atoms with van der Waals surface area (Å²) < 4.78 is 0. The van der Waals surface area contributed by atoms with E-state index in [1.165, 1.54) is 24.3 Å². The van der Waals surface area contributed by atoms with E-state index in [1.54, 1.807) is 6.07 Å². The van der Waals surface area contributed by atoms with Gasteiger partial charge in [-0.1, -0.05) is 6.07 Å². The van der Waals surface area contributed by atoms with Gasteiger partial charge in [-0.3, -0.25) is 4.79 Å². The molecule has 1 unspecified atom stereocenters. The lowest BCUT2D eigenvalue weighted by Crippen LogP contribution is -2.26. The first-order valence-electron chi connectivity index (χ1n) is 7.44. The summed E-state index contributed by atoms with van der Waals surface area (Å²) in [5.41, 5.74) is -0.00462. The number of hydrogen-bond acceptors (Lipinski definition) is 4. The highest BCUT2D eigenvalue weighted by Gasteiger charge is 2.32. The van der Waals surface area contributed by atoms with E-state index in [4.69, 9.17) is 0 Å². The van der Waals surface area contributed by atoms with Crippen LogP contribution in [0.15, 0.2) is 29.8 Å². The Bertz CT molecular complexity index is 1030. The lowest BCUT2D eigenvalue weighted by molar-refractivity contribution is -0.143. The van der Waals surface area contributed by atoms with E-state index in [0.29, 0.717) is 21.9 Å². The summed E-state index contributed by atoms with van der Waals surface area (Å²) in [6.45, 7) is 0. The first-order valence-corrected chi connectivity index (χ1v) is 7.44. The summed E-state index contributed by atoms with van der Waals surface area (Å²) in [5, 5.41) is 37.8. The third-order valence-electron chi connectivity index (χ3n) is 4.35. The van der Waals surface area contributed by atoms with Crippen LogP contribution in [-0.2, 0) is 16.0 Å². The van der Waals surface area contributed by atoms with Gasteiger partial charge in [-0.15, -0.1) is 0 Å². The highest BCUT2D eigenvalue weighted by molar-refractivity contribution is 6.07. The molecular weight excluding hydrogens is 344 g/mol. The predicted molar refractivity (Wildman–Crippen MR) is 88.3 cm³/mol. The fourth-order valence-electron chi connectivity index (χ4n) is 3.11. The fourth-order valence-corrected chi connectivity index (χ4v) is 3.11. The second kappa shape index (κ2) is 5.99. The van der Waals surface area contributed by atoms with Crippen molar-refractivity contribution in [2.75, 3.05) is 0 Å². The van der Waals surface area contributed by atoms with Gasteiger partial charge in [0.15, 0.2) is 0 Å². The average Bonchev–Trinajstić information content (AvgIpc) is 2.57. The van der Waals surface area contributed by atoms with Gasteiger partial charge < -0.3 is 20.4 Å². The Morgan fingerprint density at radius 3 is 1.77 bits per heavy atom. The number of carboxylic acid groups (broad SMARTS) is 4. The number of hydrogen-bond donors (Lipinski definition) is 4. The van der Waals surface area contributed by atoms with Crippen LogP contribution in [0.2, 0.25) is 0 Å². The van der Waals surface area contributed by atoms with Crippen LogP contribution in [0, 0.1) is 5.92 Å². The van der Waals surface area contributed by atoms with Crippen molar-refractivity contribution in [1.82, 2.24) is 0 Å². The van der Waals surface area contributed by atoms with E-state index in [2.05, 4.69) is 0 Å². The SMILES string of the molecule is O=C(O)C1=Cc2cc3cc(C(=O)O)c(C(=O)O)cc3cc2CC1C(=O)O. The molecule has 1 aliphatic rings. The summed E-state index contributed by atoms with van der Waals surface area (Å²) in [6.07, 6.45) is 1.20. The largest absolute Gasteiger partial charge is 0.481 e. The zero-order valence-electron chi connectivity index (χ0n) is 13.1. The molecule has 0 bridgehead atoms. The van der Waals surface area contributed by atoms with E-state index in [-0.39, 0.29) is 23.1 Å². The van der Waals surface area contributed by atoms with Crippen molar-refractivity contribution in [2.45, 2.75) is 6.42 Å². The Balaban J connectivity index is 2.26. The maximum atomic E-state index is 11.4. The highest BCUT2D eigenvalue weighted by Crippen LogP contribution is 2.33. The summed E-state index contributed by atoms with van der Waals surface area (Å²) in [5.74, 6) is -6.60. The number of aliphatic carboxylic acids is 2. The monoisotopic (exact) mass is 356 g/mol. The van der Waals surface area contributed by atoms with Gasteiger partial charge in [-0.2, -0.15) is 0 Å². The molecule has 0 radical (unpaired) electrons. The standard InChI is InChI=1S/C18H12O8/c19-15(20)11-3-7-1-8-4-12(16(21)22)14(18(25)26)6-10(8)2-9(7)5-13(11)17(23)24/h1-5,14H,6H2,(H,19,20)(H,21,22)(H,23,24)(H,25,26). The molecule has 0 amide bonds. The Kier molecular flexibility index (Phi) is 3.96. The van der Waals surface area contributed by atoms with Gasteiger partial charge in [0.1, 0.15) is 0 Å². The normalized spacial score (nSPS) is 15.8. The average molecular weight is 356 g/mol. The van der Waals surface area contributed by atoms with E-state index < -0.39 is 29.8 Å². The van der Waals surface area contributed by atoms with Crippen LogP contribution in [0.4, 0.5) is 0 Å². The molecule has 8 nitrogen and oxygen atoms in total. The Hall–Kier alpha value is -3.68. The van der Waals surface area contributed by atoms with Crippen molar-refractivity contribution in [2.24, 2.45) is 5.92 Å². The summed E-state index contributed by atoms with van der Waals surface area (Å²) in [4.78, 5) is 45.3. The van der Waals surface area contributed by atoms with Gasteiger partial charge in [0.2, 0.25) is 0 Å². The van der Waals surface area contributed by atoms with Crippen molar-refractivity contribution in [1.29, 1.82) is 0 Å². The van der Waals surface area contributed by atoms with Crippen LogP contribution >= 0.6 is 0 Å². The molecule has 1 aliphatic carbocycles. The predicted octanol–water partition coefficient (Wildman–Crippen LogP) is 1.96. The van der Waals surface area contributed by atoms with Crippen molar-refractivity contribution in [3.05, 3.63) is 52.1 Å². The minimum Gasteiger partial charge on any atom is -0.481 e. The lowest BCUT2D eigenvalue weighted by atomic mass is 9.82. The number of rotatable bonds is 4. The Morgan fingerprint density at radius 2 is 1.31 bits per heavy atom. The van der Waals surface area contributed by atoms with E-state index in [0.717, 1.165) is 0 Å². The fraction of sp³-hybridized carbons (Fsp3) is 0.111. The molecule has 0 spiro atoms. The highest BCUT2D eigenvalue weighted by atomic mass is 16.4. The van der Waals surface area contributed by atoms with Gasteiger partial charge in [0, 0.05) is 0 Å². The molecule has 4 N–H and O–H groups in total. The summed E-state index contributed by atoms with van der Waals surface area (Å²) in [6, 6.07) is 5.52. The molecule has 2 aromatic carbocycles. The zero-order valence-corrected chi connectivity index (χ0v) is 13.1. The molecule has 132 valence electrons. The van der Waals surface area contributed by atoms with Crippen molar-refractivity contribution < 1.29 is 39.6 Å². The second-order valence-electron chi connectivity index (χ2n) is 5.91. The number of aromatic carboxylic acids is 2. The van der Waals surface area contributed by atoms with Crippen molar-refractivity contribution in [3.63, 3.8) is 0 Å². The van der Waals surface area contributed by atoms with Crippen LogP contribution in [0.5, 0.6) is 0 Å². The third kappa shape index (κ3) is 2.77. The van der Waals surface area contributed by atoms with E-state index >= 15 is 0 Å². The van der Waals surface area contributed by atoms with Gasteiger partial charge in [0.25, 0.3) is 0 Å². The first kappa shape index (κ1) is 17.2. The maximum absolute atomic E-state index is 11.4. The molecule has 0 heterocycles. The first-order chi connectivity index (χ1) is 12.2. The number of carboxylic acids is 4. The molecule has 0 saturated carbocycles. The van der Waals surface area contributed by atoms with Gasteiger partial charge in [-0.05, 0) is 52.6 Å². The smallest absolute Gasteiger partial charge is 0.336 e. The quantitative estimate of drug-likeness (QED) is 0.649. The molecule has 8 heteroatoms. The van der Waals surface area contributed by atoms with Crippen LogP contribution in [-0.4, -0.2) is 44.3 Å². The van der Waals surface area contributed by atoms with Crippen LogP contribution in [0.1, 0.15) is 31.8 Å². The second-order valence-corrected chi connectivity index (χ2v) is 5.91. The van der Waals surface area contributed by atoms with Gasteiger partial charge in [0.05, 0.1) is 22.6 Å². The van der Waals surface area contributed by atoms with E-state index in [9.17, 15) is 39.6 Å². The number of benzene rings is 2. The topological polar surface area (TPSA) is 149 Å². The van der Waals surface area contributed by atoms with Crippen molar-refractivity contribution >= 4 is 40.7 Å². The molecule has 1 atom stereocenters. The van der Waals surface area contributed by atoms with Crippen LogP contribution < -0.4 is 0 Å². The molecule has 3 rings (SSSR count). The molecule has 0 fully saturated rings. The van der Waals surface area contributed by atoms with E-state index in [1.807, 2.05) is 0 Å². The maximum Gasteiger partial charge on any atom is 0.336 e. The van der Waals surface area contributed by atoms with Crippen LogP contribution in [0.25, 0.3) is 16.8 Å². The summed E-state index contributed by atoms with van der Waals surface area (Å²) >= 11 is 0. The molecule has 26 heavy (non-hydrogen) atoms. The molecule has 0 saturated heterocycles. The number of fused-ring (bicyclic) bond motifs is 2. The van der Waals surface area contributed by atoms with Crippen LogP contribution in [0.3, 0.4) is 0 Å². The Labute approximate surface area is 145 Å². The third-order valence-corrected chi connectivity index (χ3v) is 4.35. The molecule has 0 aromatic heterocycles. The summed E-state index contributed by atoms with van der Waals surface area (Å²) in [7, 11) is 0. The minimum atomic E-state index is -1.39. The zero-order chi connectivity index (χ0) is 19.2. The minimum absolute atomic E-state index is 0.0537. The molecular formula is C18H12O8. The van der Waals surface area contributed by atoms with Crippen molar-refractivity contribution in [3.8, 4) is 0 Å². The Morgan fingerprint density at radius 1 is 0.769 bits per heavy atom. The molecule has 2 aromatic rings. The lowest BCUT2D eigenvalue weighted by Gasteiger charge is -2.21. The number of carbonyl (C=O) groups is 4.